The average molecular weight is 375 g/mol. The highest BCUT2D eigenvalue weighted by Crippen LogP contribution is 2.36. The molecule has 0 atom stereocenters. The smallest absolute Gasteiger partial charge is 0.242 e. The first-order valence-electron chi connectivity index (χ1n) is 9.23. The van der Waals surface area contributed by atoms with Crippen molar-refractivity contribution in [1.82, 2.24) is 10.4 Å². The molecule has 0 fully saturated rings. The zero-order valence-electron chi connectivity index (χ0n) is 15.5. The van der Waals surface area contributed by atoms with E-state index in [4.69, 9.17) is 4.99 Å². The Morgan fingerprint density at radius 1 is 1.12 bits per heavy atom. The number of para-hydroxylation sites is 1. The lowest BCUT2D eigenvalue weighted by Gasteiger charge is -2.30. The van der Waals surface area contributed by atoms with Crippen molar-refractivity contribution in [3.8, 4) is 0 Å². The Bertz CT molecular complexity index is 790. The maximum Gasteiger partial charge on any atom is 0.242 e. The lowest BCUT2D eigenvalue weighted by molar-refractivity contribution is -0.117. The van der Waals surface area contributed by atoms with Gasteiger partial charge >= 0.3 is 0 Å². The van der Waals surface area contributed by atoms with Crippen molar-refractivity contribution in [3.05, 3.63) is 30.5 Å². The van der Waals surface area contributed by atoms with E-state index in [1.807, 2.05) is 24.3 Å². The Morgan fingerprint density at radius 3 is 2.62 bits per heavy atom. The zero-order chi connectivity index (χ0) is 17.6. The molecule has 2 heterocycles. The molecule has 0 spiro atoms. The van der Waals surface area contributed by atoms with Crippen LogP contribution in [-0.4, -0.2) is 16.7 Å². The quantitative estimate of drug-likeness (QED) is 0.668. The highest BCUT2D eigenvalue weighted by atomic mass is 35.5. The van der Waals surface area contributed by atoms with Crippen molar-refractivity contribution >= 4 is 46.4 Å². The molecule has 0 bridgehead atoms. The average Bonchev–Trinajstić information content (AvgIpc) is 2.63. The molecule has 3 rings (SSSR count). The van der Waals surface area contributed by atoms with Crippen LogP contribution in [0, 0.1) is 0 Å². The number of carbonyl (C=O) groups is 1. The van der Waals surface area contributed by atoms with Crippen LogP contribution in [0.1, 0.15) is 58.8 Å². The molecule has 0 aliphatic carbocycles. The minimum Gasteiger partial charge on any atom is -0.278 e. The number of anilines is 1. The van der Waals surface area contributed by atoms with Crippen LogP contribution in [0.5, 0.6) is 0 Å². The Labute approximate surface area is 161 Å². The van der Waals surface area contributed by atoms with Crippen LogP contribution in [0.3, 0.4) is 0 Å². The van der Waals surface area contributed by atoms with Gasteiger partial charge in [-0.3, -0.25) is 15.2 Å². The fourth-order valence-corrected chi connectivity index (χ4v) is 3.21. The summed E-state index contributed by atoms with van der Waals surface area (Å²) in [4.78, 5) is 21.4. The van der Waals surface area contributed by atoms with E-state index in [1.165, 1.54) is 32.1 Å². The number of carbonyl (C=O) groups excluding carboxylic acids is 1. The van der Waals surface area contributed by atoms with Gasteiger partial charge in [0.1, 0.15) is 17.2 Å². The van der Waals surface area contributed by atoms with Crippen molar-refractivity contribution in [2.24, 2.45) is 4.99 Å². The van der Waals surface area contributed by atoms with Crippen molar-refractivity contribution in [2.45, 2.75) is 58.8 Å². The van der Waals surface area contributed by atoms with Crippen LogP contribution in [0.15, 0.2) is 35.5 Å². The molecular formula is C20H27ClN4O. The van der Waals surface area contributed by atoms with Crippen molar-refractivity contribution in [3.63, 3.8) is 0 Å². The molecule has 1 amide bonds. The third kappa shape index (κ3) is 4.52. The van der Waals surface area contributed by atoms with Crippen molar-refractivity contribution < 1.29 is 4.79 Å². The number of aliphatic imine (C=N–C) groups is 1. The Morgan fingerprint density at radius 2 is 1.85 bits per heavy atom. The molecule has 1 aliphatic rings. The van der Waals surface area contributed by atoms with E-state index in [1.54, 1.807) is 18.1 Å². The maximum absolute atomic E-state index is 12.2. The van der Waals surface area contributed by atoms with Gasteiger partial charge in [-0.2, -0.15) is 0 Å². The number of hydrazine groups is 1. The highest BCUT2D eigenvalue weighted by molar-refractivity contribution is 6.10. The van der Waals surface area contributed by atoms with Crippen LogP contribution in [-0.2, 0) is 4.79 Å². The summed E-state index contributed by atoms with van der Waals surface area (Å²) in [6.07, 6.45) is 10.0. The van der Waals surface area contributed by atoms with Gasteiger partial charge < -0.3 is 0 Å². The van der Waals surface area contributed by atoms with Gasteiger partial charge in [0.15, 0.2) is 0 Å². The van der Waals surface area contributed by atoms with Crippen LogP contribution >= 0.6 is 12.4 Å². The van der Waals surface area contributed by atoms with Gasteiger partial charge in [0.25, 0.3) is 0 Å². The molecule has 140 valence electrons. The number of nitrogens with zero attached hydrogens (tertiary/aromatic N) is 3. The van der Waals surface area contributed by atoms with Gasteiger partial charge in [-0.25, -0.2) is 10.0 Å². The summed E-state index contributed by atoms with van der Waals surface area (Å²) < 4.78 is 0. The number of aromatic nitrogens is 1. The van der Waals surface area contributed by atoms with Gasteiger partial charge in [0.05, 0.1) is 11.7 Å². The van der Waals surface area contributed by atoms with Crippen LogP contribution in [0.4, 0.5) is 11.4 Å². The number of unbranched alkanes of at least 4 members (excludes halogenated alkanes) is 5. The predicted octanol–water partition coefficient (Wildman–Crippen LogP) is 5.31. The van der Waals surface area contributed by atoms with Crippen molar-refractivity contribution in [1.29, 1.82) is 0 Å². The lowest BCUT2D eigenvalue weighted by Crippen LogP contribution is -2.47. The number of fused-ring (bicyclic) bond motifs is 3. The van der Waals surface area contributed by atoms with Crippen LogP contribution < -0.4 is 10.4 Å². The molecule has 5 nitrogen and oxygen atoms in total. The predicted molar refractivity (Wildman–Crippen MR) is 110 cm³/mol. The fourth-order valence-electron chi connectivity index (χ4n) is 3.21. The first-order chi connectivity index (χ1) is 12.2. The molecule has 0 radical (unpaired) electrons. The number of nitrogens with one attached hydrogen (secondary N) is 1. The Hall–Kier alpha value is -2.14. The SMILES string of the molecule is CCCCCCCCC1=Nc2cnc3ccccc3c2N(C(C)=O)N1.Cl. The second-order valence-electron chi connectivity index (χ2n) is 6.55. The second kappa shape index (κ2) is 9.53. The number of hydrogen-bond acceptors (Lipinski definition) is 4. The van der Waals surface area contributed by atoms with Crippen LogP contribution in [0.2, 0.25) is 0 Å². The maximum atomic E-state index is 12.2. The second-order valence-corrected chi connectivity index (χ2v) is 6.55. The molecule has 26 heavy (non-hydrogen) atoms. The monoisotopic (exact) mass is 374 g/mol. The van der Waals surface area contributed by atoms with Gasteiger partial charge in [0.2, 0.25) is 5.91 Å². The van der Waals surface area contributed by atoms with E-state index >= 15 is 0 Å². The number of halogens is 1. The van der Waals surface area contributed by atoms with E-state index < -0.39 is 0 Å². The number of hydrogen-bond donors (Lipinski definition) is 1. The first kappa shape index (κ1) is 20.2. The fraction of sp³-hybridized carbons (Fsp3) is 0.450. The number of benzene rings is 1. The van der Waals surface area contributed by atoms with Gasteiger partial charge in [-0.05, 0) is 12.5 Å². The minimum absolute atomic E-state index is 0. The van der Waals surface area contributed by atoms with E-state index in [0.29, 0.717) is 0 Å². The van der Waals surface area contributed by atoms with Crippen LogP contribution in [0.25, 0.3) is 10.9 Å². The normalized spacial score (nSPS) is 12.8. The largest absolute Gasteiger partial charge is 0.278 e. The molecule has 0 saturated carbocycles. The van der Waals surface area contributed by atoms with Gasteiger partial charge in [-0.1, -0.05) is 57.2 Å². The van der Waals surface area contributed by atoms with Crippen molar-refractivity contribution in [2.75, 3.05) is 5.01 Å². The van der Waals surface area contributed by atoms with E-state index in [0.717, 1.165) is 41.0 Å². The number of amides is 1. The number of rotatable bonds is 7. The molecule has 6 heteroatoms. The third-order valence-corrected chi connectivity index (χ3v) is 4.53. The summed E-state index contributed by atoms with van der Waals surface area (Å²) in [6.45, 7) is 3.80. The standard InChI is InChI=1S/C20H26N4O.ClH/c1-3-4-5-6-7-8-13-19-22-18-14-21-17-12-10-9-11-16(17)20(18)24(23-19)15(2)25;/h9-12,14H,3-8,13H2,1-2H3,(H,22,23);1H. The molecule has 0 saturated heterocycles. The highest BCUT2D eigenvalue weighted by Gasteiger charge is 2.24. The molecular weight excluding hydrogens is 348 g/mol. The summed E-state index contributed by atoms with van der Waals surface area (Å²) in [5.41, 5.74) is 5.63. The Kier molecular flexibility index (Phi) is 7.39. The molecule has 1 N–H and O–H groups in total. The van der Waals surface area contributed by atoms with Gasteiger partial charge in [0, 0.05) is 18.7 Å². The molecule has 2 aromatic rings. The summed E-state index contributed by atoms with van der Waals surface area (Å²) in [6, 6.07) is 7.83. The third-order valence-electron chi connectivity index (χ3n) is 4.53. The number of pyridine rings is 1. The van der Waals surface area contributed by atoms with E-state index in [9.17, 15) is 4.79 Å². The van der Waals surface area contributed by atoms with E-state index in [2.05, 4.69) is 17.3 Å². The molecule has 1 aliphatic heterocycles. The lowest BCUT2D eigenvalue weighted by atomic mass is 10.1. The summed E-state index contributed by atoms with van der Waals surface area (Å²) >= 11 is 0. The zero-order valence-corrected chi connectivity index (χ0v) is 16.3. The first-order valence-corrected chi connectivity index (χ1v) is 9.23. The molecule has 1 aromatic carbocycles. The minimum atomic E-state index is -0.0482. The molecule has 0 unspecified atom stereocenters. The summed E-state index contributed by atoms with van der Waals surface area (Å²) in [7, 11) is 0. The topological polar surface area (TPSA) is 57.6 Å². The molecule has 1 aromatic heterocycles. The number of amidine groups is 1. The Balaban J connectivity index is 0.00000243. The summed E-state index contributed by atoms with van der Waals surface area (Å²) in [5.74, 6) is 0.795. The van der Waals surface area contributed by atoms with E-state index in [-0.39, 0.29) is 18.3 Å². The van der Waals surface area contributed by atoms with Gasteiger partial charge in [-0.15, -0.1) is 12.4 Å². The summed E-state index contributed by atoms with van der Waals surface area (Å²) in [5, 5.41) is 2.55.